The van der Waals surface area contributed by atoms with Gasteiger partial charge in [-0.25, -0.2) is 9.97 Å². The van der Waals surface area contributed by atoms with E-state index in [2.05, 4.69) is 29.1 Å². The third-order valence-corrected chi connectivity index (χ3v) is 3.42. The summed E-state index contributed by atoms with van der Waals surface area (Å²) in [5.74, 6) is 0.792. The summed E-state index contributed by atoms with van der Waals surface area (Å²) in [4.78, 5) is 13.5. The molecule has 92 valence electrons. The number of hydrogen-bond acceptors (Lipinski definition) is 4. The van der Waals surface area contributed by atoms with Crippen molar-refractivity contribution in [1.29, 1.82) is 0 Å². The summed E-state index contributed by atoms with van der Waals surface area (Å²) in [7, 11) is 0. The molecule has 0 amide bonds. The third kappa shape index (κ3) is 1.88. The molecule has 3 heterocycles. The van der Waals surface area contributed by atoms with Crippen LogP contribution in [0.4, 0.5) is 0 Å². The van der Waals surface area contributed by atoms with Crippen molar-refractivity contribution in [2.45, 2.75) is 26.8 Å². The molecule has 4 nitrogen and oxygen atoms in total. The molecule has 0 radical (unpaired) electrons. The van der Waals surface area contributed by atoms with E-state index in [1.807, 2.05) is 12.3 Å². The minimum Gasteiger partial charge on any atom is -0.311 e. The van der Waals surface area contributed by atoms with Crippen LogP contribution in [0.2, 0.25) is 0 Å². The maximum absolute atomic E-state index is 4.69. The maximum Gasteiger partial charge on any atom is 0.161 e. The van der Waals surface area contributed by atoms with Crippen LogP contribution in [0.5, 0.6) is 0 Å². The normalized spacial score (nSPS) is 14.3. The SMILES string of the molecule is Cc1ccncc1-c1nc(C)c2c(n1)CNCC2. The van der Waals surface area contributed by atoms with Gasteiger partial charge < -0.3 is 5.32 Å². The fourth-order valence-electron chi connectivity index (χ4n) is 2.37. The molecule has 0 fully saturated rings. The predicted molar refractivity (Wildman–Crippen MR) is 70.1 cm³/mol. The van der Waals surface area contributed by atoms with E-state index in [1.54, 1.807) is 6.20 Å². The van der Waals surface area contributed by atoms with Crippen molar-refractivity contribution in [3.8, 4) is 11.4 Å². The molecule has 0 unspecified atom stereocenters. The van der Waals surface area contributed by atoms with E-state index in [-0.39, 0.29) is 0 Å². The number of aromatic nitrogens is 3. The molecule has 0 bridgehead atoms. The van der Waals surface area contributed by atoms with Crippen molar-refractivity contribution in [2.24, 2.45) is 0 Å². The van der Waals surface area contributed by atoms with Gasteiger partial charge in [0.25, 0.3) is 0 Å². The highest BCUT2D eigenvalue weighted by atomic mass is 15.0. The number of aryl methyl sites for hydroxylation is 2. The first kappa shape index (κ1) is 11.3. The molecule has 0 aliphatic carbocycles. The summed E-state index contributed by atoms with van der Waals surface area (Å²) < 4.78 is 0. The molecule has 18 heavy (non-hydrogen) atoms. The predicted octanol–water partition coefficient (Wildman–Crippen LogP) is 1.80. The number of rotatable bonds is 1. The van der Waals surface area contributed by atoms with E-state index in [0.717, 1.165) is 47.8 Å². The Morgan fingerprint density at radius 1 is 1.22 bits per heavy atom. The molecule has 1 N–H and O–H groups in total. The topological polar surface area (TPSA) is 50.7 Å². The van der Waals surface area contributed by atoms with Crippen LogP contribution in [0.1, 0.15) is 22.5 Å². The Bertz CT molecular complexity index is 592. The van der Waals surface area contributed by atoms with Gasteiger partial charge in [-0.3, -0.25) is 4.98 Å². The zero-order chi connectivity index (χ0) is 12.5. The molecule has 0 atom stereocenters. The van der Waals surface area contributed by atoms with Gasteiger partial charge in [-0.05, 0) is 44.0 Å². The molecular weight excluding hydrogens is 224 g/mol. The highest BCUT2D eigenvalue weighted by molar-refractivity contribution is 5.59. The second kappa shape index (κ2) is 4.46. The zero-order valence-corrected chi connectivity index (χ0v) is 10.7. The number of nitrogens with one attached hydrogen (secondary N) is 1. The Balaban J connectivity index is 2.14. The summed E-state index contributed by atoms with van der Waals surface area (Å²) in [6.07, 6.45) is 4.66. The van der Waals surface area contributed by atoms with Crippen LogP contribution in [0.3, 0.4) is 0 Å². The van der Waals surface area contributed by atoms with Gasteiger partial charge in [0, 0.05) is 30.2 Å². The summed E-state index contributed by atoms with van der Waals surface area (Å²) >= 11 is 0. The molecule has 0 saturated heterocycles. The first-order valence-corrected chi connectivity index (χ1v) is 6.24. The lowest BCUT2D eigenvalue weighted by Gasteiger charge is -2.18. The van der Waals surface area contributed by atoms with Crippen molar-refractivity contribution in [1.82, 2.24) is 20.3 Å². The Kier molecular flexibility index (Phi) is 2.80. The molecule has 0 aromatic carbocycles. The van der Waals surface area contributed by atoms with Crippen LogP contribution in [0, 0.1) is 13.8 Å². The highest BCUT2D eigenvalue weighted by Crippen LogP contribution is 2.22. The summed E-state index contributed by atoms with van der Waals surface area (Å²) in [6, 6.07) is 1.99. The molecule has 1 aliphatic heterocycles. The van der Waals surface area contributed by atoms with Crippen LogP contribution < -0.4 is 5.32 Å². The van der Waals surface area contributed by atoms with Gasteiger partial charge in [0.1, 0.15) is 0 Å². The van der Waals surface area contributed by atoms with Gasteiger partial charge in [0.2, 0.25) is 0 Å². The summed E-state index contributed by atoms with van der Waals surface area (Å²) in [6.45, 7) is 5.99. The highest BCUT2D eigenvalue weighted by Gasteiger charge is 2.16. The van der Waals surface area contributed by atoms with E-state index in [1.165, 1.54) is 5.56 Å². The van der Waals surface area contributed by atoms with Crippen molar-refractivity contribution in [3.63, 3.8) is 0 Å². The van der Waals surface area contributed by atoms with Crippen molar-refractivity contribution in [2.75, 3.05) is 6.54 Å². The fraction of sp³-hybridized carbons (Fsp3) is 0.357. The number of pyridine rings is 1. The molecule has 4 heteroatoms. The largest absolute Gasteiger partial charge is 0.311 e. The lowest BCUT2D eigenvalue weighted by atomic mass is 10.0. The molecule has 3 rings (SSSR count). The van der Waals surface area contributed by atoms with Crippen LogP contribution in [-0.2, 0) is 13.0 Å². The van der Waals surface area contributed by atoms with Crippen molar-refractivity contribution < 1.29 is 0 Å². The first-order chi connectivity index (χ1) is 8.75. The smallest absolute Gasteiger partial charge is 0.161 e. The lowest BCUT2D eigenvalue weighted by molar-refractivity contribution is 0.620. The van der Waals surface area contributed by atoms with E-state index < -0.39 is 0 Å². The zero-order valence-electron chi connectivity index (χ0n) is 10.7. The fourth-order valence-corrected chi connectivity index (χ4v) is 2.37. The average molecular weight is 240 g/mol. The minimum atomic E-state index is 0.792. The van der Waals surface area contributed by atoms with Gasteiger partial charge in [-0.2, -0.15) is 0 Å². The summed E-state index contributed by atoms with van der Waals surface area (Å²) in [5, 5.41) is 3.36. The van der Waals surface area contributed by atoms with E-state index in [4.69, 9.17) is 4.98 Å². The quantitative estimate of drug-likeness (QED) is 0.825. The Morgan fingerprint density at radius 2 is 2.11 bits per heavy atom. The molecule has 0 saturated carbocycles. The van der Waals surface area contributed by atoms with Crippen molar-refractivity contribution >= 4 is 0 Å². The summed E-state index contributed by atoms with van der Waals surface area (Å²) in [5.41, 5.74) is 5.72. The third-order valence-electron chi connectivity index (χ3n) is 3.42. The first-order valence-electron chi connectivity index (χ1n) is 6.24. The van der Waals surface area contributed by atoms with Crippen LogP contribution in [0.25, 0.3) is 11.4 Å². The van der Waals surface area contributed by atoms with Gasteiger partial charge in [0.05, 0.1) is 5.69 Å². The van der Waals surface area contributed by atoms with Gasteiger partial charge >= 0.3 is 0 Å². The molecular formula is C14H16N4. The second-order valence-electron chi connectivity index (χ2n) is 4.68. The minimum absolute atomic E-state index is 0.792. The van der Waals surface area contributed by atoms with E-state index in [0.29, 0.717) is 0 Å². The molecule has 2 aromatic rings. The van der Waals surface area contributed by atoms with Gasteiger partial charge in [-0.15, -0.1) is 0 Å². The standard InChI is InChI=1S/C14H16N4/c1-9-3-5-15-7-12(9)14-17-10(2)11-4-6-16-8-13(11)18-14/h3,5,7,16H,4,6,8H2,1-2H3. The number of nitrogens with zero attached hydrogens (tertiary/aromatic N) is 3. The lowest BCUT2D eigenvalue weighted by Crippen LogP contribution is -2.26. The molecule has 2 aromatic heterocycles. The Hall–Kier alpha value is -1.81. The van der Waals surface area contributed by atoms with Crippen molar-refractivity contribution in [3.05, 3.63) is 41.0 Å². The van der Waals surface area contributed by atoms with Gasteiger partial charge in [-0.1, -0.05) is 0 Å². The van der Waals surface area contributed by atoms with E-state index >= 15 is 0 Å². The second-order valence-corrected chi connectivity index (χ2v) is 4.68. The molecule has 1 aliphatic rings. The Labute approximate surface area is 107 Å². The van der Waals surface area contributed by atoms with Crippen LogP contribution in [-0.4, -0.2) is 21.5 Å². The number of fused-ring (bicyclic) bond motifs is 1. The van der Waals surface area contributed by atoms with Crippen LogP contribution in [0.15, 0.2) is 18.5 Å². The van der Waals surface area contributed by atoms with E-state index in [9.17, 15) is 0 Å². The monoisotopic (exact) mass is 240 g/mol. The van der Waals surface area contributed by atoms with Crippen LogP contribution >= 0.6 is 0 Å². The van der Waals surface area contributed by atoms with Gasteiger partial charge in [0.15, 0.2) is 5.82 Å². The average Bonchev–Trinajstić information content (AvgIpc) is 2.39. The Morgan fingerprint density at radius 3 is 2.94 bits per heavy atom. The number of hydrogen-bond donors (Lipinski definition) is 1. The molecule has 0 spiro atoms. The maximum atomic E-state index is 4.69.